The fourth-order valence-electron chi connectivity index (χ4n) is 4.13. The SMILES string of the molecule is COC1CCCC1CCc1cccc(OCc2ccc3ccccc3n2)c1. The molecule has 3 aromatic rings. The Bertz CT molecular complexity index is 892. The second-order valence-electron chi connectivity index (χ2n) is 7.44. The van der Waals surface area contributed by atoms with Crippen LogP contribution in [0.2, 0.25) is 0 Å². The fourth-order valence-corrected chi connectivity index (χ4v) is 4.13. The molecule has 0 N–H and O–H groups in total. The number of pyridine rings is 1. The molecule has 0 spiro atoms. The molecular formula is C24H27NO2. The van der Waals surface area contributed by atoms with Gasteiger partial charge in [-0.05, 0) is 61.4 Å². The van der Waals surface area contributed by atoms with Crippen LogP contribution < -0.4 is 4.74 Å². The van der Waals surface area contributed by atoms with Gasteiger partial charge in [0.25, 0.3) is 0 Å². The molecule has 0 amide bonds. The minimum Gasteiger partial charge on any atom is -0.487 e. The van der Waals surface area contributed by atoms with Gasteiger partial charge in [-0.3, -0.25) is 0 Å². The number of benzene rings is 2. The van der Waals surface area contributed by atoms with Crippen molar-refractivity contribution in [1.82, 2.24) is 4.98 Å². The number of methoxy groups -OCH3 is 1. The van der Waals surface area contributed by atoms with Gasteiger partial charge in [0.1, 0.15) is 12.4 Å². The smallest absolute Gasteiger partial charge is 0.130 e. The third kappa shape index (κ3) is 4.48. The summed E-state index contributed by atoms with van der Waals surface area (Å²) < 4.78 is 11.6. The van der Waals surface area contributed by atoms with Gasteiger partial charge in [0.15, 0.2) is 0 Å². The zero-order chi connectivity index (χ0) is 18.5. The summed E-state index contributed by atoms with van der Waals surface area (Å²) in [5.74, 6) is 1.61. The van der Waals surface area contributed by atoms with E-state index in [1.54, 1.807) is 0 Å². The van der Waals surface area contributed by atoms with Gasteiger partial charge in [0.05, 0.1) is 17.3 Å². The number of para-hydroxylation sites is 1. The van der Waals surface area contributed by atoms with E-state index in [2.05, 4.69) is 35.3 Å². The van der Waals surface area contributed by atoms with E-state index in [9.17, 15) is 0 Å². The van der Waals surface area contributed by atoms with E-state index in [0.29, 0.717) is 18.6 Å². The molecule has 2 atom stereocenters. The van der Waals surface area contributed by atoms with Crippen molar-refractivity contribution in [1.29, 1.82) is 0 Å². The number of rotatable bonds is 7. The number of fused-ring (bicyclic) bond motifs is 1. The third-order valence-electron chi connectivity index (χ3n) is 5.64. The Morgan fingerprint density at radius 1 is 1.00 bits per heavy atom. The van der Waals surface area contributed by atoms with Crippen LogP contribution in [0.25, 0.3) is 10.9 Å². The van der Waals surface area contributed by atoms with Crippen LogP contribution in [0.15, 0.2) is 60.7 Å². The molecule has 0 saturated heterocycles. The summed E-state index contributed by atoms with van der Waals surface area (Å²) >= 11 is 0. The first kappa shape index (κ1) is 18.0. The van der Waals surface area contributed by atoms with E-state index >= 15 is 0 Å². The minimum atomic E-state index is 0.448. The van der Waals surface area contributed by atoms with Crippen molar-refractivity contribution in [2.24, 2.45) is 5.92 Å². The molecule has 0 aliphatic heterocycles. The van der Waals surface area contributed by atoms with Crippen molar-refractivity contribution in [3.05, 3.63) is 71.9 Å². The quantitative estimate of drug-likeness (QED) is 0.552. The lowest BCUT2D eigenvalue weighted by Gasteiger charge is -2.18. The number of nitrogens with zero attached hydrogens (tertiary/aromatic N) is 1. The van der Waals surface area contributed by atoms with Crippen LogP contribution in [-0.2, 0) is 17.8 Å². The second kappa shape index (κ2) is 8.53. The van der Waals surface area contributed by atoms with Gasteiger partial charge in [-0.2, -0.15) is 0 Å². The van der Waals surface area contributed by atoms with Crippen LogP contribution in [0.5, 0.6) is 5.75 Å². The summed E-state index contributed by atoms with van der Waals surface area (Å²) in [5, 5.41) is 1.16. The molecule has 27 heavy (non-hydrogen) atoms. The van der Waals surface area contributed by atoms with Crippen molar-refractivity contribution in [3.63, 3.8) is 0 Å². The lowest BCUT2D eigenvalue weighted by molar-refractivity contribution is 0.0682. The molecule has 1 saturated carbocycles. The average Bonchev–Trinajstić information content (AvgIpc) is 3.18. The molecule has 1 aromatic heterocycles. The molecular weight excluding hydrogens is 334 g/mol. The molecule has 4 rings (SSSR count). The van der Waals surface area contributed by atoms with E-state index in [1.807, 2.05) is 37.4 Å². The van der Waals surface area contributed by atoms with Crippen LogP contribution in [-0.4, -0.2) is 18.2 Å². The van der Waals surface area contributed by atoms with Crippen molar-refractivity contribution >= 4 is 10.9 Å². The highest BCUT2D eigenvalue weighted by molar-refractivity contribution is 5.78. The zero-order valence-electron chi connectivity index (χ0n) is 15.9. The van der Waals surface area contributed by atoms with Crippen LogP contribution in [0, 0.1) is 5.92 Å². The van der Waals surface area contributed by atoms with Gasteiger partial charge < -0.3 is 9.47 Å². The average molecular weight is 361 g/mol. The molecule has 1 aliphatic rings. The Morgan fingerprint density at radius 2 is 1.93 bits per heavy atom. The molecule has 0 bridgehead atoms. The van der Waals surface area contributed by atoms with Gasteiger partial charge in [-0.1, -0.05) is 42.8 Å². The van der Waals surface area contributed by atoms with Gasteiger partial charge in [-0.15, -0.1) is 0 Å². The van der Waals surface area contributed by atoms with Gasteiger partial charge >= 0.3 is 0 Å². The predicted molar refractivity (Wildman–Crippen MR) is 109 cm³/mol. The summed E-state index contributed by atoms with van der Waals surface area (Å²) in [5.41, 5.74) is 3.30. The number of aryl methyl sites for hydroxylation is 1. The molecule has 2 unspecified atom stereocenters. The van der Waals surface area contributed by atoms with Crippen molar-refractivity contribution < 1.29 is 9.47 Å². The predicted octanol–water partition coefficient (Wildman–Crippen LogP) is 5.56. The monoisotopic (exact) mass is 361 g/mol. The largest absolute Gasteiger partial charge is 0.487 e. The van der Waals surface area contributed by atoms with E-state index in [-0.39, 0.29) is 0 Å². The van der Waals surface area contributed by atoms with E-state index < -0.39 is 0 Å². The molecule has 0 radical (unpaired) electrons. The summed E-state index contributed by atoms with van der Waals surface area (Å²) in [6.45, 7) is 0.489. The molecule has 140 valence electrons. The molecule has 1 heterocycles. The van der Waals surface area contributed by atoms with E-state index in [1.165, 1.54) is 31.2 Å². The summed E-state index contributed by atoms with van der Waals surface area (Å²) in [7, 11) is 1.85. The summed E-state index contributed by atoms with van der Waals surface area (Å²) in [6.07, 6.45) is 6.52. The molecule has 1 aliphatic carbocycles. The van der Waals surface area contributed by atoms with Crippen LogP contribution in [0.1, 0.15) is 36.9 Å². The maximum atomic E-state index is 6.01. The first-order valence-electron chi connectivity index (χ1n) is 9.91. The topological polar surface area (TPSA) is 31.4 Å². The Kier molecular flexibility index (Phi) is 5.69. The highest BCUT2D eigenvalue weighted by Gasteiger charge is 2.26. The first-order valence-corrected chi connectivity index (χ1v) is 9.91. The van der Waals surface area contributed by atoms with Crippen LogP contribution >= 0.6 is 0 Å². The molecule has 3 nitrogen and oxygen atoms in total. The first-order chi connectivity index (χ1) is 13.3. The number of hydrogen-bond donors (Lipinski definition) is 0. The molecule has 2 aromatic carbocycles. The third-order valence-corrected chi connectivity index (χ3v) is 5.64. The van der Waals surface area contributed by atoms with E-state index in [0.717, 1.165) is 28.8 Å². The van der Waals surface area contributed by atoms with Crippen LogP contribution in [0.3, 0.4) is 0 Å². The maximum absolute atomic E-state index is 6.01. The number of aromatic nitrogens is 1. The Balaban J connectivity index is 1.35. The summed E-state index contributed by atoms with van der Waals surface area (Å²) in [6, 6.07) is 20.8. The van der Waals surface area contributed by atoms with Crippen molar-refractivity contribution in [2.45, 2.75) is 44.8 Å². The number of hydrogen-bond acceptors (Lipinski definition) is 3. The van der Waals surface area contributed by atoms with Crippen LogP contribution in [0.4, 0.5) is 0 Å². The van der Waals surface area contributed by atoms with Crippen molar-refractivity contribution in [2.75, 3.05) is 7.11 Å². The maximum Gasteiger partial charge on any atom is 0.130 e. The lowest BCUT2D eigenvalue weighted by Crippen LogP contribution is -2.16. The normalized spacial score (nSPS) is 19.4. The highest BCUT2D eigenvalue weighted by Crippen LogP contribution is 2.31. The second-order valence-corrected chi connectivity index (χ2v) is 7.44. The minimum absolute atomic E-state index is 0.448. The van der Waals surface area contributed by atoms with Gasteiger partial charge in [0.2, 0.25) is 0 Å². The lowest BCUT2D eigenvalue weighted by atomic mass is 9.96. The van der Waals surface area contributed by atoms with Crippen molar-refractivity contribution in [3.8, 4) is 5.75 Å². The van der Waals surface area contributed by atoms with E-state index in [4.69, 9.17) is 9.47 Å². The molecule has 1 fully saturated rings. The fraction of sp³-hybridized carbons (Fsp3) is 0.375. The summed E-state index contributed by atoms with van der Waals surface area (Å²) in [4.78, 5) is 4.68. The Morgan fingerprint density at radius 3 is 2.85 bits per heavy atom. The van der Waals surface area contributed by atoms with Gasteiger partial charge in [0, 0.05) is 12.5 Å². The standard InChI is InChI=1S/C24H27NO2/c1-26-24-11-5-8-20(24)13-12-18-6-4-9-22(16-18)27-17-21-15-14-19-7-2-3-10-23(19)25-21/h2-4,6-7,9-10,14-16,20,24H,5,8,11-13,17H2,1H3. The number of ether oxygens (including phenoxy) is 2. The Labute approximate surface area is 161 Å². The Hall–Kier alpha value is -2.39. The highest BCUT2D eigenvalue weighted by atomic mass is 16.5. The zero-order valence-corrected chi connectivity index (χ0v) is 15.9. The van der Waals surface area contributed by atoms with Gasteiger partial charge in [-0.25, -0.2) is 4.98 Å². The molecule has 3 heteroatoms.